The second kappa shape index (κ2) is 10.5. The van der Waals surface area contributed by atoms with Crippen LogP contribution in [0.5, 0.6) is 0 Å². The molecule has 6 nitrogen and oxygen atoms in total. The van der Waals surface area contributed by atoms with E-state index in [9.17, 15) is 9.90 Å². The van der Waals surface area contributed by atoms with Crippen molar-refractivity contribution in [1.29, 1.82) is 0 Å². The number of nitrogens with one attached hydrogen (secondary N) is 1. The fraction of sp³-hybridized carbons (Fsp3) is 0.393. The van der Waals surface area contributed by atoms with E-state index < -0.39 is 5.60 Å². The first-order chi connectivity index (χ1) is 17.0. The number of ether oxygens (including phenoxy) is 1. The molecule has 35 heavy (non-hydrogen) atoms. The molecule has 5 rings (SSSR count). The van der Waals surface area contributed by atoms with E-state index in [0.29, 0.717) is 31.5 Å². The number of hydrogen-bond acceptors (Lipinski definition) is 5. The predicted octanol–water partition coefficient (Wildman–Crippen LogP) is 4.90. The third-order valence-electron chi connectivity index (χ3n) is 6.97. The maximum atomic E-state index is 12.5. The molecule has 1 atom stereocenters. The van der Waals surface area contributed by atoms with Gasteiger partial charge in [0.15, 0.2) is 5.76 Å². The Bertz CT molecular complexity index is 1190. The van der Waals surface area contributed by atoms with Gasteiger partial charge < -0.3 is 19.6 Å². The molecule has 2 aliphatic heterocycles. The molecule has 0 radical (unpaired) electrons. The summed E-state index contributed by atoms with van der Waals surface area (Å²) in [4.78, 5) is 14.8. The van der Waals surface area contributed by atoms with Crippen molar-refractivity contribution in [3.8, 4) is 0 Å². The molecule has 0 bridgehead atoms. The van der Waals surface area contributed by atoms with Gasteiger partial charge in [-0.2, -0.15) is 0 Å². The van der Waals surface area contributed by atoms with Gasteiger partial charge >= 0.3 is 0 Å². The number of rotatable bonds is 7. The normalized spacial score (nSPS) is 20.9. The summed E-state index contributed by atoms with van der Waals surface area (Å²) in [6, 6.07) is 17.5. The summed E-state index contributed by atoms with van der Waals surface area (Å²) in [5.74, 6) is 0.0301. The molecule has 2 fully saturated rings. The van der Waals surface area contributed by atoms with Gasteiger partial charge in [0.05, 0.1) is 11.7 Å². The average Bonchev–Trinajstić information content (AvgIpc) is 3.54. The zero-order valence-corrected chi connectivity index (χ0v) is 20.5. The number of hydrogen-bond donors (Lipinski definition) is 2. The molecule has 0 spiro atoms. The van der Waals surface area contributed by atoms with E-state index in [-0.39, 0.29) is 17.8 Å². The lowest BCUT2D eigenvalue weighted by Gasteiger charge is -2.38. The van der Waals surface area contributed by atoms with E-state index in [4.69, 9.17) is 20.8 Å². The third kappa shape index (κ3) is 5.78. The standard InChI is InChI=1S/C28H31ClN2O4/c29-23(15-20-5-2-1-3-6-20)19-31-12-10-28(33,11-13-31)22-8-9-25-21(16-22)17-26(35-25)27(32)30-18-24-7-4-14-34-24/h1-3,5-6,8-9,15-17,24,33H,4,7,10-14,18-19H2,(H,30,32)/b23-15-/t24-/m1/s1. The highest BCUT2D eigenvalue weighted by atomic mass is 35.5. The van der Waals surface area contributed by atoms with Gasteiger partial charge in [0.25, 0.3) is 5.91 Å². The van der Waals surface area contributed by atoms with Crippen LogP contribution in [0.1, 0.15) is 47.4 Å². The highest BCUT2D eigenvalue weighted by Gasteiger charge is 2.34. The number of aliphatic hydroxyl groups is 1. The SMILES string of the molecule is O=C(NC[C@H]1CCCO1)c1cc2cc(C3(O)CCN(C/C(Cl)=C/c4ccccc4)CC3)ccc2o1. The van der Waals surface area contributed by atoms with Gasteiger partial charge in [0.1, 0.15) is 5.58 Å². The maximum absolute atomic E-state index is 12.5. The molecule has 0 aliphatic carbocycles. The first-order valence-electron chi connectivity index (χ1n) is 12.3. The zero-order valence-electron chi connectivity index (χ0n) is 19.7. The first-order valence-corrected chi connectivity index (χ1v) is 12.7. The second-order valence-corrected chi connectivity index (χ2v) is 10.0. The van der Waals surface area contributed by atoms with Gasteiger partial charge in [0.2, 0.25) is 0 Å². The summed E-state index contributed by atoms with van der Waals surface area (Å²) >= 11 is 6.50. The quantitative estimate of drug-likeness (QED) is 0.488. The number of benzene rings is 2. The molecule has 2 aromatic carbocycles. The summed E-state index contributed by atoms with van der Waals surface area (Å²) in [5, 5.41) is 15.9. The minimum absolute atomic E-state index is 0.0822. The summed E-state index contributed by atoms with van der Waals surface area (Å²) in [5.41, 5.74) is 1.65. The predicted molar refractivity (Wildman–Crippen MR) is 137 cm³/mol. The molecule has 7 heteroatoms. The Morgan fingerprint density at radius 2 is 1.97 bits per heavy atom. The molecule has 0 saturated carbocycles. The Morgan fingerprint density at radius 1 is 1.17 bits per heavy atom. The summed E-state index contributed by atoms with van der Waals surface area (Å²) in [7, 11) is 0. The van der Waals surface area contributed by atoms with Gasteiger partial charge in [-0.05, 0) is 61.1 Å². The largest absolute Gasteiger partial charge is 0.451 e. The van der Waals surface area contributed by atoms with Crippen LogP contribution in [0.3, 0.4) is 0 Å². The molecular formula is C28H31ClN2O4. The Morgan fingerprint density at radius 3 is 2.71 bits per heavy atom. The van der Waals surface area contributed by atoms with Crippen LogP contribution in [0.4, 0.5) is 0 Å². The summed E-state index contributed by atoms with van der Waals surface area (Å²) in [6.07, 6.45) is 5.30. The highest BCUT2D eigenvalue weighted by molar-refractivity contribution is 6.31. The van der Waals surface area contributed by atoms with E-state index in [1.807, 2.05) is 54.6 Å². The maximum Gasteiger partial charge on any atom is 0.287 e. The van der Waals surface area contributed by atoms with Gasteiger partial charge in [-0.15, -0.1) is 0 Å². The lowest BCUT2D eigenvalue weighted by Crippen LogP contribution is -2.42. The molecule has 184 valence electrons. The number of halogens is 1. The lowest BCUT2D eigenvalue weighted by atomic mass is 9.84. The average molecular weight is 495 g/mol. The topological polar surface area (TPSA) is 74.9 Å². The Labute approximate surface area is 210 Å². The fourth-order valence-corrected chi connectivity index (χ4v) is 5.20. The Hall–Kier alpha value is -2.64. The van der Waals surface area contributed by atoms with Crippen LogP contribution in [-0.2, 0) is 10.3 Å². The molecule has 0 unspecified atom stereocenters. The van der Waals surface area contributed by atoms with Gasteiger partial charge in [-0.25, -0.2) is 0 Å². The second-order valence-electron chi connectivity index (χ2n) is 9.52. The van der Waals surface area contributed by atoms with Crippen molar-refractivity contribution in [3.63, 3.8) is 0 Å². The fourth-order valence-electron chi connectivity index (χ4n) is 4.90. The summed E-state index contributed by atoms with van der Waals surface area (Å²) < 4.78 is 11.3. The van der Waals surface area contributed by atoms with Crippen LogP contribution in [0.25, 0.3) is 17.0 Å². The molecule has 3 heterocycles. The van der Waals surface area contributed by atoms with Gasteiger partial charge in [0, 0.05) is 43.2 Å². The van der Waals surface area contributed by atoms with Gasteiger partial charge in [-0.1, -0.05) is 48.0 Å². The van der Waals surface area contributed by atoms with Crippen molar-refractivity contribution >= 4 is 34.6 Å². The number of fused-ring (bicyclic) bond motifs is 1. The smallest absolute Gasteiger partial charge is 0.287 e. The van der Waals surface area contributed by atoms with Crippen LogP contribution in [0, 0.1) is 0 Å². The first kappa shape index (κ1) is 24.1. The van der Waals surface area contributed by atoms with Gasteiger partial charge in [-0.3, -0.25) is 9.69 Å². The molecule has 1 amide bonds. The number of amides is 1. The number of carbonyl (C=O) groups is 1. The molecule has 3 aromatic rings. The number of nitrogens with zero attached hydrogens (tertiary/aromatic N) is 1. The molecule has 2 saturated heterocycles. The minimum Gasteiger partial charge on any atom is -0.451 e. The monoisotopic (exact) mass is 494 g/mol. The van der Waals surface area contributed by atoms with Crippen LogP contribution in [-0.4, -0.2) is 54.8 Å². The van der Waals surface area contributed by atoms with Crippen molar-refractivity contribution < 1.29 is 19.1 Å². The van der Waals surface area contributed by atoms with Crippen LogP contribution < -0.4 is 5.32 Å². The Kier molecular flexibility index (Phi) is 7.25. The number of furan rings is 1. The molecular weight excluding hydrogens is 464 g/mol. The van der Waals surface area contributed by atoms with Crippen LogP contribution in [0.2, 0.25) is 0 Å². The van der Waals surface area contributed by atoms with E-state index in [0.717, 1.165) is 54.1 Å². The summed E-state index contributed by atoms with van der Waals surface area (Å²) in [6.45, 7) is 3.40. The molecule has 1 aromatic heterocycles. The third-order valence-corrected chi connectivity index (χ3v) is 7.20. The van der Waals surface area contributed by atoms with E-state index in [1.165, 1.54) is 0 Å². The van der Waals surface area contributed by atoms with E-state index in [1.54, 1.807) is 6.07 Å². The molecule has 2 N–H and O–H groups in total. The highest BCUT2D eigenvalue weighted by Crippen LogP contribution is 2.35. The van der Waals surface area contributed by atoms with Crippen molar-refractivity contribution in [3.05, 3.63) is 76.5 Å². The number of piperidine rings is 1. The van der Waals surface area contributed by atoms with Crippen molar-refractivity contribution in [1.82, 2.24) is 10.2 Å². The van der Waals surface area contributed by atoms with E-state index in [2.05, 4.69) is 10.2 Å². The number of likely N-dealkylation sites (tertiary alicyclic amines) is 1. The van der Waals surface area contributed by atoms with Crippen molar-refractivity contribution in [2.45, 2.75) is 37.4 Å². The lowest BCUT2D eigenvalue weighted by molar-refractivity contribution is -0.0234. The minimum atomic E-state index is -0.917. The Balaban J connectivity index is 1.20. The van der Waals surface area contributed by atoms with E-state index >= 15 is 0 Å². The number of carbonyl (C=O) groups excluding carboxylic acids is 1. The van der Waals surface area contributed by atoms with Crippen LogP contribution >= 0.6 is 11.6 Å². The zero-order chi connectivity index (χ0) is 24.3. The molecule has 2 aliphatic rings. The van der Waals surface area contributed by atoms with Crippen LogP contribution in [0.15, 0.2) is 64.0 Å². The van der Waals surface area contributed by atoms with Crippen molar-refractivity contribution in [2.24, 2.45) is 0 Å². The van der Waals surface area contributed by atoms with Crippen molar-refractivity contribution in [2.75, 3.05) is 32.8 Å².